The van der Waals surface area contributed by atoms with Crippen molar-refractivity contribution in [2.75, 3.05) is 21.3 Å². The Morgan fingerprint density at radius 3 is 2.34 bits per heavy atom. The second-order valence-corrected chi connectivity index (χ2v) is 9.52. The molecular formula is C27H28N2O5S. The molecular weight excluding hydrogens is 464 g/mol. The smallest absolute Gasteiger partial charge is 0.338 e. The third-order valence-corrected chi connectivity index (χ3v) is 7.03. The van der Waals surface area contributed by atoms with Crippen molar-refractivity contribution >= 4 is 23.4 Å². The number of carbonyl (C=O) groups excluding carboxylic acids is 1. The zero-order chi connectivity index (χ0) is 25.3. The van der Waals surface area contributed by atoms with Gasteiger partial charge in [0, 0.05) is 0 Å². The molecule has 0 saturated heterocycles. The second-order valence-electron chi connectivity index (χ2n) is 8.51. The first kappa shape index (κ1) is 24.5. The molecule has 35 heavy (non-hydrogen) atoms. The predicted molar refractivity (Wildman–Crippen MR) is 136 cm³/mol. The molecule has 4 rings (SSSR count). The van der Waals surface area contributed by atoms with Crippen molar-refractivity contribution in [3.8, 4) is 11.5 Å². The van der Waals surface area contributed by atoms with E-state index in [2.05, 4.69) is 31.0 Å². The minimum absolute atomic E-state index is 0.227. The number of methoxy groups -OCH3 is 3. The minimum atomic E-state index is -0.719. The topological polar surface area (TPSA) is 79.1 Å². The summed E-state index contributed by atoms with van der Waals surface area (Å²) in [6.07, 6.45) is 1.86. The molecule has 1 aliphatic rings. The van der Waals surface area contributed by atoms with Crippen molar-refractivity contribution in [3.63, 3.8) is 0 Å². The van der Waals surface area contributed by atoms with Crippen molar-refractivity contribution in [1.82, 2.24) is 4.57 Å². The van der Waals surface area contributed by atoms with Crippen LogP contribution in [0.3, 0.4) is 0 Å². The van der Waals surface area contributed by atoms with Gasteiger partial charge in [-0.1, -0.05) is 55.5 Å². The summed E-state index contributed by atoms with van der Waals surface area (Å²) < 4.78 is 18.0. The van der Waals surface area contributed by atoms with Crippen LogP contribution in [0.25, 0.3) is 6.08 Å². The molecule has 1 atom stereocenters. The van der Waals surface area contributed by atoms with Gasteiger partial charge in [-0.2, -0.15) is 0 Å². The number of rotatable bonds is 6. The SMILES string of the molecule is COC(=O)C1=C(C)N=c2s/c(=C/c3ccc(C(C)C)cc3)c(=O)n2C1c1ccc(OC)c(OC)c1. The van der Waals surface area contributed by atoms with Gasteiger partial charge in [0.25, 0.3) is 5.56 Å². The van der Waals surface area contributed by atoms with Crippen molar-refractivity contribution in [2.45, 2.75) is 32.7 Å². The van der Waals surface area contributed by atoms with Crippen LogP contribution in [0.1, 0.15) is 49.4 Å². The number of carbonyl (C=O) groups is 1. The zero-order valence-electron chi connectivity index (χ0n) is 20.6. The Morgan fingerprint density at radius 1 is 1.06 bits per heavy atom. The highest BCUT2D eigenvalue weighted by Gasteiger charge is 2.33. The molecule has 1 unspecified atom stereocenters. The Balaban J connectivity index is 1.93. The molecule has 2 aromatic carbocycles. The highest BCUT2D eigenvalue weighted by atomic mass is 32.1. The lowest BCUT2D eigenvalue weighted by Crippen LogP contribution is -2.39. The fourth-order valence-corrected chi connectivity index (χ4v) is 5.21. The maximum absolute atomic E-state index is 13.7. The van der Waals surface area contributed by atoms with Crippen LogP contribution in [0.5, 0.6) is 11.5 Å². The lowest BCUT2D eigenvalue weighted by molar-refractivity contribution is -0.136. The van der Waals surface area contributed by atoms with Crippen molar-refractivity contribution in [3.05, 3.63) is 90.1 Å². The summed E-state index contributed by atoms with van der Waals surface area (Å²) >= 11 is 1.29. The van der Waals surface area contributed by atoms with E-state index in [1.807, 2.05) is 24.3 Å². The van der Waals surface area contributed by atoms with Crippen LogP contribution in [0.4, 0.5) is 0 Å². The molecule has 0 amide bonds. The molecule has 0 N–H and O–H groups in total. The average molecular weight is 493 g/mol. The number of ether oxygens (including phenoxy) is 3. The number of allylic oxidation sites excluding steroid dienone is 1. The molecule has 0 radical (unpaired) electrons. The first-order valence-electron chi connectivity index (χ1n) is 11.2. The number of hydrogen-bond donors (Lipinski definition) is 0. The van der Waals surface area contributed by atoms with Crippen molar-refractivity contribution in [1.29, 1.82) is 0 Å². The summed E-state index contributed by atoms with van der Waals surface area (Å²) in [6.45, 7) is 6.03. The zero-order valence-corrected chi connectivity index (χ0v) is 21.4. The third-order valence-electron chi connectivity index (χ3n) is 6.05. The molecule has 7 nitrogen and oxygen atoms in total. The Labute approximate surface area is 207 Å². The van der Waals surface area contributed by atoms with Crippen LogP contribution >= 0.6 is 11.3 Å². The van der Waals surface area contributed by atoms with Gasteiger partial charge in [-0.15, -0.1) is 0 Å². The number of benzene rings is 2. The van der Waals surface area contributed by atoms with Crippen LogP contribution < -0.4 is 24.4 Å². The lowest BCUT2D eigenvalue weighted by Gasteiger charge is -2.25. The van der Waals surface area contributed by atoms with Crippen molar-refractivity contribution < 1.29 is 19.0 Å². The summed E-state index contributed by atoms with van der Waals surface area (Å²) in [5.74, 6) is 0.935. The molecule has 1 aliphatic heterocycles. The van der Waals surface area contributed by atoms with Crippen LogP contribution in [0.15, 0.2) is 63.5 Å². The Kier molecular flexibility index (Phi) is 6.93. The van der Waals surface area contributed by atoms with Crippen LogP contribution in [-0.4, -0.2) is 31.9 Å². The van der Waals surface area contributed by atoms with Crippen LogP contribution in [0, 0.1) is 0 Å². The average Bonchev–Trinajstić information content (AvgIpc) is 3.16. The largest absolute Gasteiger partial charge is 0.493 e. The first-order chi connectivity index (χ1) is 16.8. The molecule has 0 fully saturated rings. The van der Waals surface area contributed by atoms with Gasteiger partial charge in [0.2, 0.25) is 0 Å². The fourth-order valence-electron chi connectivity index (χ4n) is 4.16. The highest BCUT2D eigenvalue weighted by Crippen LogP contribution is 2.35. The van der Waals surface area contributed by atoms with Gasteiger partial charge in [0.15, 0.2) is 16.3 Å². The summed E-state index contributed by atoms with van der Waals surface area (Å²) in [7, 11) is 4.42. The monoisotopic (exact) mass is 492 g/mol. The molecule has 0 aliphatic carbocycles. The van der Waals surface area contributed by atoms with Gasteiger partial charge < -0.3 is 14.2 Å². The molecule has 8 heteroatoms. The molecule has 3 aromatic rings. The molecule has 0 spiro atoms. The van der Waals surface area contributed by atoms with Crippen LogP contribution in [0.2, 0.25) is 0 Å². The van der Waals surface area contributed by atoms with Gasteiger partial charge in [-0.05, 0) is 47.7 Å². The Bertz CT molecular complexity index is 1480. The molecule has 182 valence electrons. The van der Waals surface area contributed by atoms with Crippen molar-refractivity contribution in [2.24, 2.45) is 4.99 Å². The maximum Gasteiger partial charge on any atom is 0.338 e. The van der Waals surface area contributed by atoms with Gasteiger partial charge >= 0.3 is 5.97 Å². The standard InChI is InChI=1S/C27H28N2O5S/c1-15(2)18-9-7-17(8-10-18)13-22-25(30)29-24(19-11-12-20(32-4)21(14-19)33-5)23(26(31)34-6)16(3)28-27(29)35-22/h7-15,24H,1-6H3/b22-13+. The van der Waals surface area contributed by atoms with E-state index in [0.29, 0.717) is 43.6 Å². The van der Waals surface area contributed by atoms with E-state index in [0.717, 1.165) is 5.56 Å². The van der Waals surface area contributed by atoms with E-state index in [9.17, 15) is 9.59 Å². The number of aromatic nitrogens is 1. The van der Waals surface area contributed by atoms with Crippen LogP contribution in [-0.2, 0) is 9.53 Å². The number of fused-ring (bicyclic) bond motifs is 1. The van der Waals surface area contributed by atoms with Gasteiger partial charge in [0.05, 0.1) is 43.2 Å². The van der Waals surface area contributed by atoms with E-state index < -0.39 is 12.0 Å². The molecule has 0 bridgehead atoms. The van der Waals surface area contributed by atoms with E-state index in [4.69, 9.17) is 14.2 Å². The lowest BCUT2D eigenvalue weighted by atomic mass is 9.95. The fraction of sp³-hybridized carbons (Fsp3) is 0.296. The van der Waals surface area contributed by atoms with Gasteiger partial charge in [0.1, 0.15) is 0 Å². The second kappa shape index (κ2) is 9.92. The summed E-state index contributed by atoms with van der Waals surface area (Å²) in [4.78, 5) is 31.6. The highest BCUT2D eigenvalue weighted by molar-refractivity contribution is 7.07. The third kappa shape index (κ3) is 4.53. The van der Waals surface area contributed by atoms with Gasteiger partial charge in [-0.3, -0.25) is 9.36 Å². The van der Waals surface area contributed by atoms with E-state index in [1.54, 1.807) is 37.8 Å². The van der Waals surface area contributed by atoms with E-state index in [1.165, 1.54) is 24.0 Å². The Morgan fingerprint density at radius 2 is 1.74 bits per heavy atom. The summed E-state index contributed by atoms with van der Waals surface area (Å²) in [5, 5.41) is 0. The molecule has 2 heterocycles. The van der Waals surface area contributed by atoms with Gasteiger partial charge in [-0.25, -0.2) is 9.79 Å². The number of thiazole rings is 1. The summed E-state index contributed by atoms with van der Waals surface area (Å²) in [5.41, 5.74) is 3.42. The number of hydrogen-bond acceptors (Lipinski definition) is 7. The normalized spacial score (nSPS) is 15.6. The first-order valence-corrected chi connectivity index (χ1v) is 12.0. The predicted octanol–water partition coefficient (Wildman–Crippen LogP) is 3.55. The number of esters is 1. The molecule has 0 saturated carbocycles. The number of nitrogens with zero attached hydrogens (tertiary/aromatic N) is 2. The Hall–Kier alpha value is -3.65. The maximum atomic E-state index is 13.7. The summed E-state index contributed by atoms with van der Waals surface area (Å²) in [6, 6.07) is 12.8. The minimum Gasteiger partial charge on any atom is -0.493 e. The quantitative estimate of drug-likeness (QED) is 0.492. The molecule has 1 aromatic heterocycles. The van der Waals surface area contributed by atoms with E-state index >= 15 is 0 Å². The van der Waals surface area contributed by atoms with E-state index in [-0.39, 0.29) is 5.56 Å².